The van der Waals surface area contributed by atoms with Crippen molar-refractivity contribution in [3.8, 4) is 0 Å². The molecule has 3 aliphatic rings. The van der Waals surface area contributed by atoms with Crippen LogP contribution in [0.5, 0.6) is 0 Å². The molecule has 188 valence electrons. The van der Waals surface area contributed by atoms with E-state index in [2.05, 4.69) is 25.6 Å². The van der Waals surface area contributed by atoms with Crippen molar-refractivity contribution < 1.29 is 9.47 Å². The highest BCUT2D eigenvalue weighted by atomic mass is 32.1. The van der Waals surface area contributed by atoms with Crippen LogP contribution < -0.4 is 10.6 Å². The van der Waals surface area contributed by atoms with Crippen LogP contribution in [0.25, 0.3) is 10.3 Å². The predicted octanol–water partition coefficient (Wildman–Crippen LogP) is 3.51. The molecule has 2 saturated heterocycles. The molecule has 3 aromatic heterocycles. The lowest BCUT2D eigenvalue weighted by Gasteiger charge is -2.39. The van der Waals surface area contributed by atoms with E-state index in [1.165, 1.54) is 12.8 Å². The zero-order chi connectivity index (χ0) is 23.5. The minimum Gasteiger partial charge on any atom is -0.381 e. The summed E-state index contributed by atoms with van der Waals surface area (Å²) in [4.78, 5) is 17.6. The second-order valence-corrected chi connectivity index (χ2v) is 10.7. The quantitative estimate of drug-likeness (QED) is 0.507. The molecule has 0 bridgehead atoms. The lowest BCUT2D eigenvalue weighted by molar-refractivity contribution is 0.00791. The number of rotatable bonds is 7. The van der Waals surface area contributed by atoms with Crippen LogP contribution in [0.1, 0.15) is 38.5 Å². The lowest BCUT2D eigenvalue weighted by Crippen LogP contribution is -2.46. The van der Waals surface area contributed by atoms with Crippen molar-refractivity contribution in [2.75, 3.05) is 50.2 Å². The van der Waals surface area contributed by atoms with Crippen LogP contribution in [0, 0.1) is 5.92 Å². The fourth-order valence-corrected chi connectivity index (χ4v) is 6.15. The molecule has 1 saturated carbocycles. The monoisotopic (exact) mass is 498 g/mol. The Hall–Kier alpha value is -2.34. The van der Waals surface area contributed by atoms with E-state index >= 15 is 0 Å². The van der Waals surface area contributed by atoms with Crippen LogP contribution in [-0.4, -0.2) is 81.2 Å². The highest BCUT2D eigenvalue weighted by Gasteiger charge is 2.27. The first kappa shape index (κ1) is 23.1. The Labute approximate surface area is 209 Å². The second-order valence-electron chi connectivity index (χ2n) is 9.83. The number of anilines is 3. The molecule has 0 atom stereocenters. The van der Waals surface area contributed by atoms with Gasteiger partial charge >= 0.3 is 0 Å². The second kappa shape index (κ2) is 10.7. The normalized spacial score (nSPS) is 24.6. The van der Waals surface area contributed by atoms with Gasteiger partial charge in [-0.25, -0.2) is 4.98 Å². The first-order valence-electron chi connectivity index (χ1n) is 12.9. The predicted molar refractivity (Wildman–Crippen MR) is 136 cm³/mol. The van der Waals surface area contributed by atoms with Crippen LogP contribution in [0.15, 0.2) is 17.9 Å². The van der Waals surface area contributed by atoms with Crippen molar-refractivity contribution in [3.63, 3.8) is 0 Å². The molecule has 2 aliphatic heterocycles. The highest BCUT2D eigenvalue weighted by molar-refractivity contribution is 7.16. The number of hydrogen-bond donors (Lipinski definition) is 2. The number of thiazole rings is 1. The van der Waals surface area contributed by atoms with Crippen molar-refractivity contribution in [2.24, 2.45) is 5.92 Å². The maximum Gasteiger partial charge on any atom is 0.230 e. The molecule has 3 fully saturated rings. The van der Waals surface area contributed by atoms with Crippen molar-refractivity contribution in [2.45, 2.75) is 57.2 Å². The van der Waals surface area contributed by atoms with Crippen molar-refractivity contribution in [1.29, 1.82) is 0 Å². The Morgan fingerprint density at radius 3 is 2.60 bits per heavy atom. The van der Waals surface area contributed by atoms with Gasteiger partial charge in [-0.1, -0.05) is 0 Å². The van der Waals surface area contributed by atoms with Gasteiger partial charge in [0, 0.05) is 51.1 Å². The lowest BCUT2D eigenvalue weighted by atomic mass is 9.90. The first-order valence-corrected chi connectivity index (χ1v) is 13.7. The maximum atomic E-state index is 5.52. The number of nitrogens with zero attached hydrogens (tertiary/aromatic N) is 6. The van der Waals surface area contributed by atoms with Gasteiger partial charge in [0.05, 0.1) is 30.6 Å². The van der Waals surface area contributed by atoms with E-state index in [0.29, 0.717) is 23.9 Å². The summed E-state index contributed by atoms with van der Waals surface area (Å²) in [6.45, 7) is 6.48. The van der Waals surface area contributed by atoms with Crippen LogP contribution in [0.4, 0.5) is 17.5 Å². The van der Waals surface area contributed by atoms with Crippen molar-refractivity contribution in [3.05, 3.63) is 17.9 Å². The Balaban J connectivity index is 1.10. The summed E-state index contributed by atoms with van der Waals surface area (Å²) in [6.07, 6.45) is 10.8. The minimum absolute atomic E-state index is 0.405. The summed E-state index contributed by atoms with van der Waals surface area (Å²) in [7, 11) is 0. The third kappa shape index (κ3) is 5.58. The Kier molecular flexibility index (Phi) is 7.08. The molecular weight excluding hydrogens is 464 g/mol. The average molecular weight is 499 g/mol. The summed E-state index contributed by atoms with van der Waals surface area (Å²) >= 11 is 1.54. The Morgan fingerprint density at radius 1 is 0.971 bits per heavy atom. The fraction of sp³-hybridized carbons (Fsp3) is 0.667. The summed E-state index contributed by atoms with van der Waals surface area (Å²) in [6, 6.07) is 1.08. The van der Waals surface area contributed by atoms with Gasteiger partial charge in [0.1, 0.15) is 5.52 Å². The van der Waals surface area contributed by atoms with Gasteiger partial charge < -0.3 is 20.1 Å². The molecule has 11 heteroatoms. The molecule has 0 amide bonds. The topological polar surface area (TPSA) is 102 Å². The van der Waals surface area contributed by atoms with Gasteiger partial charge in [-0.15, -0.1) is 11.3 Å². The van der Waals surface area contributed by atoms with Gasteiger partial charge in [-0.3, -0.25) is 9.58 Å². The molecular formula is C24H34N8O2S. The third-order valence-corrected chi connectivity index (χ3v) is 8.19. The maximum absolute atomic E-state index is 5.52. The number of fused-ring (bicyclic) bond motifs is 1. The van der Waals surface area contributed by atoms with E-state index in [0.717, 1.165) is 93.6 Å². The Morgan fingerprint density at radius 2 is 1.77 bits per heavy atom. The van der Waals surface area contributed by atoms with Crippen molar-refractivity contribution in [1.82, 2.24) is 29.6 Å². The first-order chi connectivity index (χ1) is 17.3. The zero-order valence-corrected chi connectivity index (χ0v) is 20.9. The van der Waals surface area contributed by atoms with E-state index in [9.17, 15) is 0 Å². The van der Waals surface area contributed by atoms with E-state index < -0.39 is 0 Å². The Bertz CT molecular complexity index is 1100. The number of hydrogen-bond acceptors (Lipinski definition) is 10. The molecule has 1 aliphatic carbocycles. The smallest absolute Gasteiger partial charge is 0.230 e. The van der Waals surface area contributed by atoms with Crippen LogP contribution in [0.3, 0.4) is 0 Å². The molecule has 10 nitrogen and oxygen atoms in total. The summed E-state index contributed by atoms with van der Waals surface area (Å²) in [5, 5.41) is 11.6. The van der Waals surface area contributed by atoms with E-state index in [1.807, 2.05) is 22.6 Å². The van der Waals surface area contributed by atoms with Crippen LogP contribution >= 0.6 is 11.3 Å². The van der Waals surface area contributed by atoms with Gasteiger partial charge in [0.25, 0.3) is 0 Å². The molecule has 0 aromatic carbocycles. The minimum atomic E-state index is 0.405. The highest BCUT2D eigenvalue weighted by Crippen LogP contribution is 2.30. The number of morpholine rings is 1. The van der Waals surface area contributed by atoms with Gasteiger partial charge in [-0.05, 0) is 44.4 Å². The third-order valence-electron chi connectivity index (χ3n) is 7.47. The SMILES string of the molecule is c1nc2c(N[C@H]3CC[C@H](N4CCOCC4)CC3)nc(Nc3cnn(CC4CCOCC4)c3)nc2s1. The number of nitrogens with one attached hydrogen (secondary N) is 2. The fourth-order valence-electron chi connectivity index (χ4n) is 5.49. The zero-order valence-electron chi connectivity index (χ0n) is 20.1. The summed E-state index contributed by atoms with van der Waals surface area (Å²) in [5.41, 5.74) is 3.60. The molecule has 0 spiro atoms. The van der Waals surface area contributed by atoms with E-state index in [1.54, 1.807) is 11.3 Å². The molecule has 35 heavy (non-hydrogen) atoms. The number of aromatic nitrogens is 5. The van der Waals surface area contributed by atoms with E-state index in [-0.39, 0.29) is 0 Å². The number of ether oxygens (including phenoxy) is 2. The molecule has 6 rings (SSSR count). The summed E-state index contributed by atoms with van der Waals surface area (Å²) in [5.74, 6) is 2.02. The van der Waals surface area contributed by atoms with E-state index in [4.69, 9.17) is 19.4 Å². The summed E-state index contributed by atoms with van der Waals surface area (Å²) < 4.78 is 13.0. The van der Waals surface area contributed by atoms with Gasteiger partial charge in [-0.2, -0.15) is 15.1 Å². The standard InChI is InChI=1S/C24H34N8O2S/c1-3-20(31-7-11-34-12-8-31)4-2-18(1)27-22-21-23(35-16-25-21)30-24(29-22)28-19-13-26-32(15-19)14-17-5-9-33-10-6-17/h13,15-18,20H,1-12,14H2,(H2,27,28,29,30)/t18-,20-. The molecule has 5 heterocycles. The largest absolute Gasteiger partial charge is 0.381 e. The molecule has 0 unspecified atom stereocenters. The molecule has 3 aromatic rings. The molecule has 0 radical (unpaired) electrons. The van der Waals surface area contributed by atoms with Crippen molar-refractivity contribution >= 4 is 39.1 Å². The average Bonchev–Trinajstić information content (AvgIpc) is 3.55. The van der Waals surface area contributed by atoms with Crippen LogP contribution in [-0.2, 0) is 16.0 Å². The van der Waals surface area contributed by atoms with Gasteiger partial charge in [0.2, 0.25) is 5.95 Å². The van der Waals surface area contributed by atoms with Crippen LogP contribution in [0.2, 0.25) is 0 Å². The molecule has 2 N–H and O–H groups in total. The van der Waals surface area contributed by atoms with Gasteiger partial charge in [0.15, 0.2) is 10.6 Å².